The summed E-state index contributed by atoms with van der Waals surface area (Å²) in [7, 11) is 1.99. The van der Waals surface area contributed by atoms with Crippen molar-refractivity contribution in [2.45, 2.75) is 0 Å². The molecule has 1 radical (unpaired) electrons. The highest BCUT2D eigenvalue weighted by molar-refractivity contribution is 6.53. The zero-order valence-corrected chi connectivity index (χ0v) is 5.25. The van der Waals surface area contributed by atoms with E-state index in [1.54, 1.807) is 0 Å². The first-order valence-corrected chi connectivity index (χ1v) is 3.02. The summed E-state index contributed by atoms with van der Waals surface area (Å²) in [5.41, 5.74) is 6.50. The van der Waals surface area contributed by atoms with Gasteiger partial charge in [0.15, 0.2) is 7.28 Å². The summed E-state index contributed by atoms with van der Waals surface area (Å²) in [4.78, 5) is 0. The molecule has 2 N–H and O–H groups in total. The summed E-state index contributed by atoms with van der Waals surface area (Å²) in [6.45, 7) is 0. The van der Waals surface area contributed by atoms with Crippen LogP contribution in [-0.2, 0) is 0 Å². The zero-order valence-electron chi connectivity index (χ0n) is 5.25. The summed E-state index contributed by atoms with van der Waals surface area (Å²) in [6, 6.07) is 10.1. The molecule has 45 valence electrons. The fourth-order valence-corrected chi connectivity index (χ4v) is 0.725. The molecule has 0 amide bonds. The van der Waals surface area contributed by atoms with Crippen LogP contribution in [0.4, 0.5) is 0 Å². The maximum absolute atomic E-state index is 5.30. The van der Waals surface area contributed by atoms with Gasteiger partial charge in [0, 0.05) is 0 Å². The molecule has 0 aromatic heterocycles. The Morgan fingerprint density at radius 2 is 1.89 bits per heavy atom. The van der Waals surface area contributed by atoms with Gasteiger partial charge in [0.25, 0.3) is 0 Å². The normalized spacial score (nSPS) is 9.00. The molecular weight excluding hydrogens is 109 g/mol. The monoisotopic (exact) mass is 118 g/mol. The van der Waals surface area contributed by atoms with Crippen molar-refractivity contribution in [2.24, 2.45) is 5.73 Å². The van der Waals surface area contributed by atoms with E-state index in [1.807, 2.05) is 37.6 Å². The number of rotatable bonds is 2. The van der Waals surface area contributed by atoms with E-state index in [4.69, 9.17) is 5.73 Å². The Bertz CT molecular complexity index is 162. The molecule has 2 heteroatoms. The topological polar surface area (TPSA) is 26.0 Å². The minimum Gasteiger partial charge on any atom is -0.338 e. The second-order valence-corrected chi connectivity index (χ2v) is 1.85. The maximum atomic E-state index is 5.30. The Morgan fingerprint density at radius 1 is 1.22 bits per heavy atom. The fraction of sp³-hybridized carbons (Fsp3) is 0.143. The van der Waals surface area contributed by atoms with E-state index >= 15 is 0 Å². The molecule has 0 aliphatic carbocycles. The zero-order chi connectivity index (χ0) is 6.53. The van der Waals surface area contributed by atoms with Gasteiger partial charge in [-0.05, 0) is 6.44 Å². The summed E-state index contributed by atoms with van der Waals surface area (Å²) < 4.78 is 0. The first-order valence-electron chi connectivity index (χ1n) is 3.02. The minimum atomic E-state index is 0.615. The van der Waals surface area contributed by atoms with Gasteiger partial charge in [-0.1, -0.05) is 35.8 Å². The molecule has 1 rings (SSSR count). The lowest BCUT2D eigenvalue weighted by Crippen LogP contribution is -2.22. The smallest absolute Gasteiger partial charge is 0.168 e. The predicted octanol–water partition coefficient (Wildman–Crippen LogP) is -0.0677. The van der Waals surface area contributed by atoms with Crippen molar-refractivity contribution >= 4 is 12.7 Å². The van der Waals surface area contributed by atoms with Crippen LogP contribution >= 0.6 is 0 Å². The van der Waals surface area contributed by atoms with E-state index in [9.17, 15) is 0 Å². The van der Waals surface area contributed by atoms with Gasteiger partial charge in [0.1, 0.15) is 0 Å². The lowest BCUT2D eigenvalue weighted by molar-refractivity contribution is 1.37. The molecule has 0 unspecified atom stereocenters. The van der Waals surface area contributed by atoms with Crippen molar-refractivity contribution in [1.82, 2.24) is 0 Å². The molecule has 1 aromatic rings. The number of hydrogen-bond donors (Lipinski definition) is 1. The molecule has 0 atom stereocenters. The number of nitrogens with two attached hydrogens (primary N) is 1. The maximum Gasteiger partial charge on any atom is 0.168 e. The van der Waals surface area contributed by atoms with E-state index in [0.717, 1.165) is 0 Å². The molecule has 0 heterocycles. The first kappa shape index (κ1) is 6.37. The van der Waals surface area contributed by atoms with Crippen LogP contribution in [0.2, 0.25) is 0 Å². The van der Waals surface area contributed by atoms with E-state index < -0.39 is 0 Å². The van der Waals surface area contributed by atoms with Crippen LogP contribution in [-0.4, -0.2) is 13.7 Å². The molecule has 0 saturated carbocycles. The lowest BCUT2D eigenvalue weighted by Gasteiger charge is -1.92. The molecule has 0 fully saturated rings. The molecule has 1 nitrogen and oxygen atoms in total. The quantitative estimate of drug-likeness (QED) is 0.540. The predicted molar refractivity (Wildman–Crippen MR) is 40.9 cm³/mol. The Morgan fingerprint density at radius 3 is 2.44 bits per heavy atom. The Kier molecular flexibility index (Phi) is 2.34. The highest BCUT2D eigenvalue weighted by Crippen LogP contribution is 1.79. The highest BCUT2D eigenvalue weighted by Gasteiger charge is 1.87. The van der Waals surface area contributed by atoms with Crippen molar-refractivity contribution < 1.29 is 0 Å². The second kappa shape index (κ2) is 3.31. The Hall–Kier alpha value is -0.755. The van der Waals surface area contributed by atoms with Gasteiger partial charge >= 0.3 is 0 Å². The third kappa shape index (κ3) is 1.90. The summed E-state index contributed by atoms with van der Waals surface area (Å²) in [6.07, 6.45) is 0.615. The molecule has 0 aliphatic rings. The van der Waals surface area contributed by atoms with Crippen molar-refractivity contribution in [3.8, 4) is 0 Å². The average molecular weight is 118 g/mol. The van der Waals surface area contributed by atoms with Crippen molar-refractivity contribution in [3.05, 3.63) is 30.3 Å². The SMILES string of the molecule is NC[B]c1ccccc1. The highest BCUT2D eigenvalue weighted by atomic mass is 14.5. The van der Waals surface area contributed by atoms with Crippen LogP contribution in [0, 0.1) is 0 Å². The largest absolute Gasteiger partial charge is 0.338 e. The molecule has 0 aliphatic heterocycles. The Labute approximate surface area is 56.1 Å². The first-order chi connectivity index (χ1) is 4.43. The van der Waals surface area contributed by atoms with Crippen LogP contribution in [0.3, 0.4) is 0 Å². The van der Waals surface area contributed by atoms with Crippen LogP contribution in [0.15, 0.2) is 30.3 Å². The van der Waals surface area contributed by atoms with Crippen LogP contribution in [0.1, 0.15) is 0 Å². The molecule has 0 spiro atoms. The summed E-state index contributed by atoms with van der Waals surface area (Å²) in [5.74, 6) is 0. The molecule has 9 heavy (non-hydrogen) atoms. The van der Waals surface area contributed by atoms with Gasteiger partial charge in [-0.25, -0.2) is 0 Å². The van der Waals surface area contributed by atoms with Gasteiger partial charge in [0.05, 0.1) is 0 Å². The van der Waals surface area contributed by atoms with Crippen LogP contribution in [0.5, 0.6) is 0 Å². The number of benzene rings is 1. The van der Waals surface area contributed by atoms with Gasteiger partial charge < -0.3 is 5.73 Å². The molecular formula is C7H9BN. The van der Waals surface area contributed by atoms with Gasteiger partial charge in [-0.15, -0.1) is 0 Å². The van der Waals surface area contributed by atoms with Gasteiger partial charge in [0.2, 0.25) is 0 Å². The van der Waals surface area contributed by atoms with E-state index in [1.165, 1.54) is 5.46 Å². The third-order valence-corrected chi connectivity index (χ3v) is 1.15. The number of hydrogen-bond acceptors (Lipinski definition) is 1. The molecule has 1 aromatic carbocycles. The van der Waals surface area contributed by atoms with E-state index in [-0.39, 0.29) is 0 Å². The van der Waals surface area contributed by atoms with Gasteiger partial charge in [-0.2, -0.15) is 0 Å². The third-order valence-electron chi connectivity index (χ3n) is 1.15. The van der Waals surface area contributed by atoms with Crippen molar-refractivity contribution in [3.63, 3.8) is 0 Å². The molecule has 0 bridgehead atoms. The summed E-state index contributed by atoms with van der Waals surface area (Å²) >= 11 is 0. The Balaban J connectivity index is 2.61. The van der Waals surface area contributed by atoms with E-state index in [2.05, 4.69) is 0 Å². The fourth-order valence-electron chi connectivity index (χ4n) is 0.725. The van der Waals surface area contributed by atoms with Crippen LogP contribution < -0.4 is 11.2 Å². The minimum absolute atomic E-state index is 0.615. The van der Waals surface area contributed by atoms with Gasteiger partial charge in [-0.3, -0.25) is 0 Å². The summed E-state index contributed by atoms with van der Waals surface area (Å²) in [5, 5.41) is 0. The lowest BCUT2D eigenvalue weighted by atomic mass is 9.71. The molecule has 0 saturated heterocycles. The van der Waals surface area contributed by atoms with Crippen LogP contribution in [0.25, 0.3) is 0 Å². The van der Waals surface area contributed by atoms with Crippen molar-refractivity contribution in [1.29, 1.82) is 0 Å². The second-order valence-electron chi connectivity index (χ2n) is 1.85. The van der Waals surface area contributed by atoms with E-state index in [0.29, 0.717) is 6.44 Å². The standard InChI is InChI=1S/C7H9BN/c9-6-8-7-4-2-1-3-5-7/h1-5H,6,9H2. The van der Waals surface area contributed by atoms with Crippen molar-refractivity contribution in [2.75, 3.05) is 6.44 Å². The average Bonchev–Trinajstić information content (AvgIpc) is 1.91.